The molecule has 5 aliphatic rings. The number of nitrogens with one attached hydrogen (secondary N) is 1. The van der Waals surface area contributed by atoms with Crippen molar-refractivity contribution in [2.45, 2.75) is 109 Å². The number of rotatable bonds is 9. The summed E-state index contributed by atoms with van der Waals surface area (Å²) in [6.07, 6.45) is 13.9. The van der Waals surface area contributed by atoms with Crippen LogP contribution in [0.5, 0.6) is 0 Å². The van der Waals surface area contributed by atoms with Crippen LogP contribution in [0.25, 0.3) is 10.8 Å². The number of unbranched alkanes of at least 4 members (excludes halogenated alkanes) is 2. The first-order chi connectivity index (χ1) is 25.5. The van der Waals surface area contributed by atoms with Crippen molar-refractivity contribution < 1.29 is 19.1 Å². The molecular formula is C44H57FN4O4. The quantitative estimate of drug-likeness (QED) is 0.224. The van der Waals surface area contributed by atoms with Crippen LogP contribution in [0.15, 0.2) is 47.3 Å². The van der Waals surface area contributed by atoms with Crippen LogP contribution >= 0.6 is 0 Å². The predicted octanol–water partition coefficient (Wildman–Crippen LogP) is 7.31. The second-order valence-corrected chi connectivity index (χ2v) is 17.9. The van der Waals surface area contributed by atoms with E-state index in [1.165, 1.54) is 25.3 Å². The fourth-order valence-corrected chi connectivity index (χ4v) is 12.2. The van der Waals surface area contributed by atoms with Crippen molar-refractivity contribution in [2.75, 3.05) is 32.7 Å². The molecule has 7 atom stereocenters. The van der Waals surface area contributed by atoms with Crippen LogP contribution in [0.3, 0.4) is 0 Å². The number of benzene rings is 2. The lowest BCUT2D eigenvalue weighted by atomic mass is 9.44. The van der Waals surface area contributed by atoms with Gasteiger partial charge in [-0.1, -0.05) is 51.0 Å². The number of fused-ring (bicyclic) bond motifs is 6. The van der Waals surface area contributed by atoms with Gasteiger partial charge >= 0.3 is 0 Å². The van der Waals surface area contributed by atoms with E-state index in [1.54, 1.807) is 23.1 Å². The molecule has 1 aromatic heterocycles. The second kappa shape index (κ2) is 14.3. The van der Waals surface area contributed by atoms with Gasteiger partial charge < -0.3 is 10.0 Å². The SMILES string of the molecule is C[C@@]12CCC(=O)C[C@H]1CC[C@H]1[C@H]2CC[C@]2(C)[C@@H]1CC[C@]2(O)CCCCCN1CCN(C(=O)c2cc(Cc3n[nH]c(=O)c4ccccc34)ccc2F)CC1. The number of aromatic nitrogens is 2. The van der Waals surface area contributed by atoms with Gasteiger partial charge in [-0.15, -0.1) is 0 Å². The largest absolute Gasteiger partial charge is 0.389 e. The van der Waals surface area contributed by atoms with Gasteiger partial charge in [0.1, 0.15) is 11.6 Å². The number of Topliss-reactive ketones (excluding diaryl/α,β-unsaturated/α-hetero) is 1. The number of aliphatic hydroxyl groups is 1. The number of halogens is 1. The highest BCUT2D eigenvalue weighted by atomic mass is 19.1. The predicted molar refractivity (Wildman–Crippen MR) is 204 cm³/mol. The van der Waals surface area contributed by atoms with Gasteiger partial charge in [0.2, 0.25) is 0 Å². The molecule has 2 aromatic carbocycles. The summed E-state index contributed by atoms with van der Waals surface area (Å²) in [5.41, 5.74) is 0.984. The zero-order valence-electron chi connectivity index (χ0n) is 31.7. The minimum absolute atomic E-state index is 0.00315. The Labute approximate surface area is 312 Å². The summed E-state index contributed by atoms with van der Waals surface area (Å²) in [5.74, 6) is 2.24. The van der Waals surface area contributed by atoms with Crippen molar-refractivity contribution in [3.05, 3.63) is 75.5 Å². The third-order valence-corrected chi connectivity index (χ3v) is 15.4. The molecule has 2 heterocycles. The first kappa shape index (κ1) is 36.5. The van der Waals surface area contributed by atoms with Crippen LogP contribution in [0.2, 0.25) is 0 Å². The number of carbonyl (C=O) groups excluding carboxylic acids is 2. The standard InChI is InChI=1S/C44H57FN4O4/c1-42-18-14-31(50)28-30(42)11-12-34-36(42)15-19-43(2)37(34)16-20-44(43,53)17-6-3-7-21-48-22-24-49(25-23-48)41(52)35-26-29(10-13-38(35)45)27-39-32-8-4-5-9-33(32)40(51)47-46-39/h4-5,8-10,13,26,30,34,36-37,53H,3,6-7,11-12,14-25,27-28H2,1-2H3,(H,47,51)/t30-,34+,36-,37-,42-,43-,44-/m1/s1. The number of piperazine rings is 1. The lowest BCUT2D eigenvalue weighted by Crippen LogP contribution is -2.56. The Bertz CT molecular complexity index is 1920. The van der Waals surface area contributed by atoms with Gasteiger partial charge in [-0.25, -0.2) is 9.49 Å². The molecule has 1 saturated heterocycles. The number of hydrogen-bond donors (Lipinski definition) is 2. The third-order valence-electron chi connectivity index (χ3n) is 15.4. The fraction of sp³-hybridized carbons (Fsp3) is 0.636. The highest BCUT2D eigenvalue weighted by Gasteiger charge is 2.64. The van der Waals surface area contributed by atoms with E-state index in [-0.39, 0.29) is 22.4 Å². The lowest BCUT2D eigenvalue weighted by Gasteiger charge is -2.61. The van der Waals surface area contributed by atoms with Crippen molar-refractivity contribution in [3.8, 4) is 0 Å². The second-order valence-electron chi connectivity index (χ2n) is 17.9. The van der Waals surface area contributed by atoms with E-state index in [2.05, 4.69) is 28.9 Å². The first-order valence-electron chi connectivity index (χ1n) is 20.5. The van der Waals surface area contributed by atoms with E-state index in [1.807, 2.05) is 18.2 Å². The monoisotopic (exact) mass is 724 g/mol. The number of nitrogens with zero attached hydrogens (tertiary/aromatic N) is 3. The van der Waals surface area contributed by atoms with Gasteiger partial charge in [-0.2, -0.15) is 5.10 Å². The average molecular weight is 725 g/mol. The molecule has 0 unspecified atom stereocenters. The summed E-state index contributed by atoms with van der Waals surface area (Å²) in [7, 11) is 0. The number of hydrogen-bond acceptors (Lipinski definition) is 6. The molecule has 9 heteroatoms. The molecule has 3 aromatic rings. The van der Waals surface area contributed by atoms with Gasteiger partial charge in [0, 0.05) is 50.8 Å². The molecule has 4 aliphatic carbocycles. The molecule has 0 spiro atoms. The minimum atomic E-state index is -0.578. The molecule has 8 rings (SSSR count). The van der Waals surface area contributed by atoms with Crippen LogP contribution in [0.4, 0.5) is 4.39 Å². The van der Waals surface area contributed by atoms with Gasteiger partial charge in [0.25, 0.3) is 11.5 Å². The van der Waals surface area contributed by atoms with Gasteiger partial charge in [-0.05, 0) is 123 Å². The smallest absolute Gasteiger partial charge is 0.272 e. The lowest BCUT2D eigenvalue weighted by molar-refractivity contribution is -0.158. The van der Waals surface area contributed by atoms with E-state index in [0.717, 1.165) is 94.8 Å². The molecule has 0 bridgehead atoms. The number of aromatic amines is 1. The molecule has 8 nitrogen and oxygen atoms in total. The first-order valence-corrected chi connectivity index (χ1v) is 20.5. The zero-order valence-corrected chi connectivity index (χ0v) is 31.7. The molecule has 53 heavy (non-hydrogen) atoms. The van der Waals surface area contributed by atoms with Gasteiger partial charge in [0.05, 0.1) is 22.2 Å². The summed E-state index contributed by atoms with van der Waals surface area (Å²) in [6.45, 7) is 8.53. The number of ketones is 1. The fourth-order valence-electron chi connectivity index (χ4n) is 12.2. The topological polar surface area (TPSA) is 107 Å². The maximum absolute atomic E-state index is 15.0. The molecule has 4 saturated carbocycles. The van der Waals surface area contributed by atoms with Crippen molar-refractivity contribution in [3.63, 3.8) is 0 Å². The molecule has 284 valence electrons. The number of H-pyrrole nitrogens is 1. The Morgan fingerprint density at radius 2 is 1.70 bits per heavy atom. The molecule has 2 N–H and O–H groups in total. The van der Waals surface area contributed by atoms with Gasteiger partial charge in [-0.3, -0.25) is 19.3 Å². The van der Waals surface area contributed by atoms with Crippen LogP contribution in [0.1, 0.15) is 119 Å². The summed E-state index contributed by atoms with van der Waals surface area (Å²) in [5, 5.41) is 20.3. The van der Waals surface area contributed by atoms with Crippen LogP contribution < -0.4 is 5.56 Å². The molecule has 0 radical (unpaired) electrons. The zero-order chi connectivity index (χ0) is 37.0. The minimum Gasteiger partial charge on any atom is -0.389 e. The third kappa shape index (κ3) is 6.58. The Hall–Kier alpha value is -3.43. The Morgan fingerprint density at radius 1 is 0.925 bits per heavy atom. The van der Waals surface area contributed by atoms with Crippen molar-refractivity contribution in [1.82, 2.24) is 20.0 Å². The van der Waals surface area contributed by atoms with Crippen molar-refractivity contribution in [1.29, 1.82) is 0 Å². The maximum atomic E-state index is 15.0. The van der Waals surface area contributed by atoms with Crippen LogP contribution in [-0.4, -0.2) is 75.1 Å². The van der Waals surface area contributed by atoms with E-state index < -0.39 is 11.4 Å². The van der Waals surface area contributed by atoms with Gasteiger partial charge in [0.15, 0.2) is 0 Å². The highest BCUT2D eigenvalue weighted by molar-refractivity contribution is 5.95. The summed E-state index contributed by atoms with van der Waals surface area (Å²) in [4.78, 5) is 42.2. The van der Waals surface area contributed by atoms with Crippen molar-refractivity contribution >= 4 is 22.5 Å². The summed E-state index contributed by atoms with van der Waals surface area (Å²) in [6, 6.07) is 11.9. The summed E-state index contributed by atoms with van der Waals surface area (Å²) < 4.78 is 15.0. The van der Waals surface area contributed by atoms with E-state index in [0.29, 0.717) is 65.5 Å². The Morgan fingerprint density at radius 3 is 2.51 bits per heavy atom. The summed E-state index contributed by atoms with van der Waals surface area (Å²) >= 11 is 0. The molecule has 5 fully saturated rings. The van der Waals surface area contributed by atoms with Crippen LogP contribution in [0, 0.1) is 40.3 Å². The normalized spacial score (nSPS) is 33.1. The number of amides is 1. The molecule has 1 amide bonds. The van der Waals surface area contributed by atoms with E-state index >= 15 is 4.39 Å². The molecular weight excluding hydrogens is 668 g/mol. The number of carbonyl (C=O) groups is 2. The van der Waals surface area contributed by atoms with Crippen LogP contribution in [-0.2, 0) is 11.2 Å². The average Bonchev–Trinajstić information content (AvgIpc) is 3.43. The highest BCUT2D eigenvalue weighted by Crippen LogP contribution is 2.68. The maximum Gasteiger partial charge on any atom is 0.272 e. The van der Waals surface area contributed by atoms with Crippen molar-refractivity contribution in [2.24, 2.45) is 34.5 Å². The Balaban J connectivity index is 0.800. The van der Waals surface area contributed by atoms with E-state index in [4.69, 9.17) is 0 Å². The van der Waals surface area contributed by atoms with E-state index in [9.17, 15) is 19.5 Å². The Kier molecular flexibility index (Phi) is 9.88. The molecule has 1 aliphatic heterocycles.